The van der Waals surface area contributed by atoms with Crippen molar-refractivity contribution < 1.29 is 9.84 Å². The molecule has 0 heterocycles. The Labute approximate surface area is 191 Å². The van der Waals surface area contributed by atoms with Crippen molar-refractivity contribution >= 4 is 0 Å². The monoisotopic (exact) mass is 426 g/mol. The van der Waals surface area contributed by atoms with Crippen molar-refractivity contribution in [2.75, 3.05) is 7.11 Å². The average Bonchev–Trinajstić information content (AvgIpc) is 3.09. The van der Waals surface area contributed by atoms with Crippen LogP contribution in [0.5, 0.6) is 0 Å². The molecule has 174 valence electrons. The van der Waals surface area contributed by atoms with E-state index in [1.54, 1.807) is 11.1 Å². The maximum absolute atomic E-state index is 10.4. The molecular weight excluding hydrogens is 380 g/mol. The number of allylic oxidation sites excluding steroid dienone is 4. The fraction of sp³-hybridized carbons (Fsp3) is 0.793. The van der Waals surface area contributed by atoms with E-state index < -0.39 is 0 Å². The Hall–Kier alpha value is -0.860. The molecule has 1 N–H and O–H groups in total. The third kappa shape index (κ3) is 3.52. The minimum absolute atomic E-state index is 0.0953. The highest BCUT2D eigenvalue weighted by Crippen LogP contribution is 2.65. The van der Waals surface area contributed by atoms with E-state index in [4.69, 9.17) is 4.74 Å². The van der Waals surface area contributed by atoms with Crippen molar-refractivity contribution in [3.63, 3.8) is 0 Å². The van der Waals surface area contributed by atoms with E-state index >= 15 is 0 Å². The normalized spacial score (nSPS) is 42.9. The molecule has 0 bridgehead atoms. The van der Waals surface area contributed by atoms with E-state index in [1.807, 2.05) is 7.11 Å². The van der Waals surface area contributed by atoms with Gasteiger partial charge in [0.05, 0.1) is 11.7 Å². The predicted octanol–water partition coefficient (Wildman–Crippen LogP) is 7.24. The van der Waals surface area contributed by atoms with E-state index in [2.05, 4.69) is 53.3 Å². The lowest BCUT2D eigenvalue weighted by Crippen LogP contribution is -2.58. The van der Waals surface area contributed by atoms with E-state index in [0.29, 0.717) is 17.3 Å². The first-order valence-electron chi connectivity index (χ1n) is 12.9. The van der Waals surface area contributed by atoms with Crippen molar-refractivity contribution in [2.45, 2.75) is 104 Å². The summed E-state index contributed by atoms with van der Waals surface area (Å²) >= 11 is 0. The number of fused-ring (bicyclic) bond motifs is 4. The first-order valence-corrected chi connectivity index (χ1v) is 12.9. The number of aliphatic hydroxyl groups is 1. The molecular formula is C29H46O2. The fourth-order valence-corrected chi connectivity index (χ4v) is 8.14. The van der Waals surface area contributed by atoms with Gasteiger partial charge in [0, 0.05) is 18.9 Å². The van der Waals surface area contributed by atoms with Gasteiger partial charge in [-0.3, -0.25) is 0 Å². The quantitative estimate of drug-likeness (QED) is 0.453. The summed E-state index contributed by atoms with van der Waals surface area (Å²) < 4.78 is 6.20. The Morgan fingerprint density at radius 3 is 2.61 bits per heavy atom. The van der Waals surface area contributed by atoms with Crippen LogP contribution in [0.25, 0.3) is 0 Å². The number of hydrogen-bond acceptors (Lipinski definition) is 2. The summed E-state index contributed by atoms with van der Waals surface area (Å²) in [5.74, 6) is 2.71. The number of ether oxygens (including phenoxy) is 1. The molecule has 0 aromatic heterocycles. The molecule has 4 unspecified atom stereocenters. The van der Waals surface area contributed by atoms with Crippen molar-refractivity contribution in [3.05, 3.63) is 35.5 Å². The second-order valence-electron chi connectivity index (χ2n) is 12.2. The van der Waals surface area contributed by atoms with Crippen LogP contribution in [-0.2, 0) is 4.74 Å². The Balaban J connectivity index is 1.63. The van der Waals surface area contributed by atoms with Gasteiger partial charge in [0.15, 0.2) is 0 Å². The van der Waals surface area contributed by atoms with Gasteiger partial charge in [-0.05, 0) is 86.0 Å². The third-order valence-electron chi connectivity index (χ3n) is 10.5. The molecule has 4 rings (SSSR count). The summed E-state index contributed by atoms with van der Waals surface area (Å²) in [4.78, 5) is 0. The minimum Gasteiger partial charge on any atom is -0.393 e. The highest BCUT2D eigenvalue weighted by Gasteiger charge is 2.60. The van der Waals surface area contributed by atoms with Crippen LogP contribution in [0, 0.1) is 34.5 Å². The summed E-state index contributed by atoms with van der Waals surface area (Å²) in [6, 6.07) is 0. The third-order valence-corrected chi connectivity index (χ3v) is 10.5. The Kier molecular flexibility index (Phi) is 6.14. The van der Waals surface area contributed by atoms with Gasteiger partial charge in [0.1, 0.15) is 0 Å². The zero-order valence-corrected chi connectivity index (χ0v) is 21.0. The first-order chi connectivity index (χ1) is 14.6. The molecule has 2 heteroatoms. The average molecular weight is 427 g/mol. The van der Waals surface area contributed by atoms with Crippen molar-refractivity contribution in [1.82, 2.24) is 0 Å². The van der Waals surface area contributed by atoms with Gasteiger partial charge in [-0.15, -0.1) is 0 Å². The second-order valence-corrected chi connectivity index (χ2v) is 12.2. The van der Waals surface area contributed by atoms with E-state index in [-0.39, 0.29) is 17.1 Å². The largest absolute Gasteiger partial charge is 0.393 e. The molecule has 4 aliphatic rings. The lowest BCUT2D eigenvalue weighted by Gasteiger charge is -2.59. The standard InChI is InChI=1S/C29H46O2/c1-19(2)20(3)8-9-21(4)24-10-11-25-23-13-17-29(31-7)18-22(30)12-16-28(29,6)26(23)14-15-27(24,25)5/h13,17,19,21-22,24,26,30H,3,8-12,14-16,18H2,1-2,4-7H3/t21-,22+,24?,26?,27?,28?,29-/m1/s1. The maximum atomic E-state index is 10.4. The molecule has 2 saturated carbocycles. The molecule has 0 amide bonds. The van der Waals surface area contributed by atoms with E-state index in [0.717, 1.165) is 31.1 Å². The molecule has 0 saturated heterocycles. The highest BCUT2D eigenvalue weighted by atomic mass is 16.5. The van der Waals surface area contributed by atoms with Crippen LogP contribution in [0.4, 0.5) is 0 Å². The summed E-state index contributed by atoms with van der Waals surface area (Å²) in [7, 11) is 1.85. The van der Waals surface area contributed by atoms with Crippen molar-refractivity contribution in [2.24, 2.45) is 34.5 Å². The van der Waals surface area contributed by atoms with Gasteiger partial charge < -0.3 is 9.84 Å². The molecule has 31 heavy (non-hydrogen) atoms. The molecule has 0 radical (unpaired) electrons. The Bertz CT molecular complexity index is 776. The van der Waals surface area contributed by atoms with Crippen LogP contribution in [0.1, 0.15) is 92.4 Å². The molecule has 2 fully saturated rings. The number of methoxy groups -OCH3 is 1. The molecule has 0 aromatic rings. The number of hydrogen-bond donors (Lipinski definition) is 1. The van der Waals surface area contributed by atoms with Crippen molar-refractivity contribution in [1.29, 1.82) is 0 Å². The summed E-state index contributed by atoms with van der Waals surface area (Å²) in [6.45, 7) is 16.4. The molecule has 7 atom stereocenters. The lowest BCUT2D eigenvalue weighted by molar-refractivity contribution is -0.151. The second kappa shape index (κ2) is 8.17. The number of aliphatic hydroxyl groups excluding tert-OH is 1. The van der Waals surface area contributed by atoms with Gasteiger partial charge >= 0.3 is 0 Å². The highest BCUT2D eigenvalue weighted by molar-refractivity contribution is 5.44. The van der Waals surface area contributed by atoms with Gasteiger partial charge in [-0.25, -0.2) is 0 Å². The summed E-state index contributed by atoms with van der Waals surface area (Å²) in [6.07, 6.45) is 14.9. The van der Waals surface area contributed by atoms with Gasteiger partial charge in [0.25, 0.3) is 0 Å². The minimum atomic E-state index is -0.310. The van der Waals surface area contributed by atoms with Crippen LogP contribution >= 0.6 is 0 Å². The van der Waals surface area contributed by atoms with Crippen LogP contribution in [-0.4, -0.2) is 23.9 Å². The number of rotatable bonds is 6. The van der Waals surface area contributed by atoms with E-state index in [9.17, 15) is 5.11 Å². The van der Waals surface area contributed by atoms with Gasteiger partial charge in [-0.1, -0.05) is 64.5 Å². The van der Waals surface area contributed by atoms with Crippen LogP contribution in [0.15, 0.2) is 35.5 Å². The van der Waals surface area contributed by atoms with Gasteiger partial charge in [0.2, 0.25) is 0 Å². The molecule has 2 nitrogen and oxygen atoms in total. The molecule has 4 aliphatic carbocycles. The molecule has 0 aliphatic heterocycles. The smallest absolute Gasteiger partial charge is 0.0945 e. The predicted molar refractivity (Wildman–Crippen MR) is 130 cm³/mol. The Morgan fingerprint density at radius 2 is 1.94 bits per heavy atom. The Morgan fingerprint density at radius 1 is 1.19 bits per heavy atom. The zero-order valence-electron chi connectivity index (χ0n) is 21.0. The van der Waals surface area contributed by atoms with Crippen LogP contribution in [0.2, 0.25) is 0 Å². The van der Waals surface area contributed by atoms with E-state index in [1.165, 1.54) is 44.1 Å². The van der Waals surface area contributed by atoms with Crippen molar-refractivity contribution in [3.8, 4) is 0 Å². The SMILES string of the molecule is C=C(CC[C@@H](C)C1CCC2=C3C=C[C@@]4(OC)C[C@@H](O)CCC4(C)C3CCC21C)C(C)C. The summed E-state index contributed by atoms with van der Waals surface area (Å²) in [5, 5.41) is 10.4. The maximum Gasteiger partial charge on any atom is 0.0945 e. The topological polar surface area (TPSA) is 29.5 Å². The zero-order chi connectivity index (χ0) is 22.6. The fourth-order valence-electron chi connectivity index (χ4n) is 8.14. The molecule has 0 aromatic carbocycles. The molecule has 0 spiro atoms. The lowest BCUT2D eigenvalue weighted by atomic mass is 9.49. The van der Waals surface area contributed by atoms with Crippen LogP contribution < -0.4 is 0 Å². The van der Waals surface area contributed by atoms with Gasteiger partial charge in [-0.2, -0.15) is 0 Å². The first kappa shape index (κ1) is 23.3. The van der Waals surface area contributed by atoms with Crippen LogP contribution in [0.3, 0.4) is 0 Å². The summed E-state index contributed by atoms with van der Waals surface area (Å²) in [5.41, 5.74) is 4.95.